The van der Waals surface area contributed by atoms with Crippen molar-refractivity contribution < 1.29 is 18.3 Å². The summed E-state index contributed by atoms with van der Waals surface area (Å²) in [5.74, 6) is -0.238. The van der Waals surface area contributed by atoms with E-state index in [4.69, 9.17) is 0 Å². The Labute approximate surface area is 102 Å². The van der Waals surface area contributed by atoms with Crippen molar-refractivity contribution in [3.05, 3.63) is 28.2 Å². The molecule has 15 heavy (non-hydrogen) atoms. The average Bonchev–Trinajstić information content (AvgIpc) is 2.19. The molecule has 6 heteroatoms. The van der Waals surface area contributed by atoms with E-state index >= 15 is 0 Å². The molecule has 0 saturated carbocycles. The number of hydrogen-bond donors (Lipinski definition) is 0. The van der Waals surface area contributed by atoms with Crippen LogP contribution in [-0.2, 0) is 0 Å². The number of rotatable bonds is 4. The molecular weight excluding hydrogens is 338 g/mol. The summed E-state index contributed by atoms with van der Waals surface area (Å²) >= 11 is 6.04. The maximum atomic E-state index is 12.0. The summed E-state index contributed by atoms with van der Waals surface area (Å²) < 4.78 is 28.6. The van der Waals surface area contributed by atoms with Crippen molar-refractivity contribution in [3.8, 4) is 5.75 Å². The van der Waals surface area contributed by atoms with Crippen LogP contribution in [0.5, 0.6) is 5.75 Å². The zero-order valence-corrected chi connectivity index (χ0v) is 10.5. The number of carbonyl (C=O) groups excluding carboxylic acids is 1. The van der Waals surface area contributed by atoms with Crippen LogP contribution in [0.3, 0.4) is 0 Å². The van der Waals surface area contributed by atoms with E-state index in [0.717, 1.165) is 0 Å². The molecule has 0 aliphatic rings. The van der Waals surface area contributed by atoms with Gasteiger partial charge in [0.2, 0.25) is 0 Å². The van der Waals surface area contributed by atoms with Crippen molar-refractivity contribution in [2.24, 2.45) is 0 Å². The average molecular weight is 344 g/mol. The molecule has 0 unspecified atom stereocenters. The summed E-state index contributed by atoms with van der Waals surface area (Å²) in [5, 5.41) is 0.142. The van der Waals surface area contributed by atoms with Gasteiger partial charge >= 0.3 is 6.61 Å². The predicted octanol–water partition coefficient (Wildman–Crippen LogP) is 3.63. The molecule has 1 rings (SSSR count). The first-order valence-electron chi connectivity index (χ1n) is 3.88. The summed E-state index contributed by atoms with van der Waals surface area (Å²) in [5.41, 5.74) is 0.325. The van der Waals surface area contributed by atoms with Crippen molar-refractivity contribution in [2.45, 2.75) is 6.61 Å². The van der Waals surface area contributed by atoms with Crippen molar-refractivity contribution in [1.82, 2.24) is 0 Å². The highest BCUT2D eigenvalue weighted by Crippen LogP contribution is 2.27. The number of ether oxygens (including phenoxy) is 1. The fourth-order valence-corrected chi connectivity index (χ4v) is 1.60. The van der Waals surface area contributed by atoms with Crippen LogP contribution in [0.2, 0.25) is 0 Å². The van der Waals surface area contributed by atoms with Crippen LogP contribution in [0.1, 0.15) is 10.4 Å². The van der Waals surface area contributed by atoms with Crippen molar-refractivity contribution >= 4 is 37.6 Å². The molecule has 0 fully saturated rings. The maximum Gasteiger partial charge on any atom is 0.387 e. The molecule has 0 amide bonds. The van der Waals surface area contributed by atoms with Gasteiger partial charge in [-0.3, -0.25) is 4.79 Å². The molecule has 1 aromatic rings. The Morgan fingerprint density at radius 3 is 2.67 bits per heavy atom. The topological polar surface area (TPSA) is 26.3 Å². The highest BCUT2D eigenvalue weighted by molar-refractivity contribution is 9.10. The Morgan fingerprint density at radius 2 is 2.13 bits per heavy atom. The quantitative estimate of drug-likeness (QED) is 0.616. The van der Waals surface area contributed by atoms with Gasteiger partial charge in [0.25, 0.3) is 0 Å². The van der Waals surface area contributed by atoms with E-state index < -0.39 is 6.61 Å². The summed E-state index contributed by atoms with van der Waals surface area (Å²) in [6.07, 6.45) is 0. The van der Waals surface area contributed by atoms with E-state index in [1.807, 2.05) is 0 Å². The summed E-state index contributed by atoms with van der Waals surface area (Å²) in [6.45, 7) is -2.91. The third kappa shape index (κ3) is 3.53. The Balaban J connectivity index is 2.99. The smallest absolute Gasteiger partial charge is 0.387 e. The summed E-state index contributed by atoms with van der Waals surface area (Å²) in [6, 6.07) is 4.31. The third-order valence-electron chi connectivity index (χ3n) is 1.59. The molecule has 2 nitrogen and oxygen atoms in total. The van der Waals surface area contributed by atoms with E-state index in [1.54, 1.807) is 0 Å². The number of benzene rings is 1. The Kier molecular flexibility index (Phi) is 4.66. The molecular formula is C9H6Br2F2O2. The van der Waals surface area contributed by atoms with Crippen molar-refractivity contribution in [1.29, 1.82) is 0 Å². The maximum absolute atomic E-state index is 12.0. The zero-order valence-electron chi connectivity index (χ0n) is 7.34. The lowest BCUT2D eigenvalue weighted by molar-refractivity contribution is -0.0503. The minimum absolute atomic E-state index is 0.0446. The Morgan fingerprint density at radius 1 is 1.47 bits per heavy atom. The second-order valence-corrected chi connectivity index (χ2v) is 4.00. The molecule has 0 radical (unpaired) electrons. The monoisotopic (exact) mass is 342 g/mol. The van der Waals surface area contributed by atoms with Gasteiger partial charge in [0.05, 0.1) is 9.80 Å². The van der Waals surface area contributed by atoms with Crippen LogP contribution in [-0.4, -0.2) is 17.7 Å². The normalized spacial score (nSPS) is 10.5. The highest BCUT2D eigenvalue weighted by atomic mass is 79.9. The predicted molar refractivity (Wildman–Crippen MR) is 58.9 cm³/mol. The fraction of sp³-hybridized carbons (Fsp3) is 0.222. The minimum atomic E-state index is -2.91. The molecule has 0 N–H and O–H groups in total. The van der Waals surface area contributed by atoms with Gasteiger partial charge in [0, 0.05) is 5.56 Å². The van der Waals surface area contributed by atoms with Gasteiger partial charge in [0.1, 0.15) is 5.75 Å². The first-order valence-corrected chi connectivity index (χ1v) is 5.79. The Hall–Kier alpha value is -0.490. The van der Waals surface area contributed by atoms with Gasteiger partial charge in [-0.05, 0) is 34.1 Å². The largest absolute Gasteiger partial charge is 0.434 e. The lowest BCUT2D eigenvalue weighted by Gasteiger charge is -2.07. The molecule has 0 saturated heterocycles. The molecule has 1 aromatic carbocycles. The molecule has 82 valence electrons. The number of carbonyl (C=O) groups is 1. The molecule has 0 aromatic heterocycles. The number of alkyl halides is 3. The molecule has 0 bridgehead atoms. The molecule has 0 spiro atoms. The molecule has 0 aliphatic heterocycles. The van der Waals surface area contributed by atoms with Crippen molar-refractivity contribution in [3.63, 3.8) is 0 Å². The van der Waals surface area contributed by atoms with E-state index in [1.165, 1.54) is 18.2 Å². The SMILES string of the molecule is O=C(CBr)c1ccc(Br)c(OC(F)F)c1. The van der Waals surface area contributed by atoms with E-state index in [2.05, 4.69) is 36.6 Å². The summed E-state index contributed by atoms with van der Waals surface area (Å²) in [7, 11) is 0. The van der Waals surface area contributed by atoms with E-state index in [0.29, 0.717) is 10.0 Å². The van der Waals surface area contributed by atoms with E-state index in [9.17, 15) is 13.6 Å². The van der Waals surface area contributed by atoms with Gasteiger partial charge < -0.3 is 4.74 Å². The first kappa shape index (κ1) is 12.6. The van der Waals surface area contributed by atoms with Crippen LogP contribution in [0.25, 0.3) is 0 Å². The van der Waals surface area contributed by atoms with Gasteiger partial charge in [0.15, 0.2) is 5.78 Å². The van der Waals surface area contributed by atoms with Crippen LogP contribution in [0.15, 0.2) is 22.7 Å². The van der Waals surface area contributed by atoms with E-state index in [-0.39, 0.29) is 16.9 Å². The first-order chi connectivity index (χ1) is 7.04. The second-order valence-electron chi connectivity index (χ2n) is 2.58. The number of halogens is 4. The fourth-order valence-electron chi connectivity index (χ4n) is 0.940. The highest BCUT2D eigenvalue weighted by Gasteiger charge is 2.11. The molecule has 0 heterocycles. The minimum Gasteiger partial charge on any atom is -0.434 e. The van der Waals surface area contributed by atoms with Crippen LogP contribution in [0, 0.1) is 0 Å². The number of hydrogen-bond acceptors (Lipinski definition) is 2. The number of ketones is 1. The number of Topliss-reactive ketones (excluding diaryl/α,β-unsaturated/α-hetero) is 1. The van der Waals surface area contributed by atoms with Gasteiger partial charge in [-0.25, -0.2) is 0 Å². The second kappa shape index (κ2) is 5.55. The lowest BCUT2D eigenvalue weighted by Crippen LogP contribution is -2.05. The molecule has 0 atom stereocenters. The van der Waals surface area contributed by atoms with Crippen molar-refractivity contribution in [2.75, 3.05) is 5.33 Å². The van der Waals surface area contributed by atoms with Crippen LogP contribution >= 0.6 is 31.9 Å². The van der Waals surface area contributed by atoms with Crippen LogP contribution in [0.4, 0.5) is 8.78 Å². The Bertz CT molecular complexity index is 369. The van der Waals surface area contributed by atoms with Gasteiger partial charge in [-0.1, -0.05) is 15.9 Å². The van der Waals surface area contributed by atoms with Crippen LogP contribution < -0.4 is 4.74 Å². The lowest BCUT2D eigenvalue weighted by atomic mass is 10.1. The summed E-state index contributed by atoms with van der Waals surface area (Å²) in [4.78, 5) is 11.3. The standard InChI is InChI=1S/C9H6Br2F2O2/c10-4-7(14)5-1-2-6(11)8(3-5)15-9(12)13/h1-3,9H,4H2. The van der Waals surface area contributed by atoms with Gasteiger partial charge in [-0.2, -0.15) is 8.78 Å². The zero-order chi connectivity index (χ0) is 11.4. The van der Waals surface area contributed by atoms with Gasteiger partial charge in [-0.15, -0.1) is 0 Å². The molecule has 0 aliphatic carbocycles. The third-order valence-corrected chi connectivity index (χ3v) is 2.76.